The number of sulfone groups is 1. The van der Waals surface area contributed by atoms with E-state index in [2.05, 4.69) is 0 Å². The number of carbonyl (C=O) groups excluding carboxylic acids is 1. The molecule has 6 nitrogen and oxygen atoms in total. The van der Waals surface area contributed by atoms with Crippen molar-refractivity contribution in [3.63, 3.8) is 0 Å². The number of hydrogen-bond acceptors (Lipinski definition) is 5. The highest BCUT2D eigenvalue weighted by Crippen LogP contribution is 2.34. The number of hydrogen-bond donors (Lipinski definition) is 0. The summed E-state index contributed by atoms with van der Waals surface area (Å²) in [6.07, 6.45) is -5.88. The molecule has 3 aromatic carbocycles. The maximum atomic E-state index is 13.4. The Bertz CT molecular complexity index is 1420. The molecule has 1 atom stereocenters. The lowest BCUT2D eigenvalue weighted by Gasteiger charge is -2.22. The van der Waals surface area contributed by atoms with Crippen molar-refractivity contribution in [1.29, 1.82) is 0 Å². The molecular weight excluding hydrogens is 495 g/mol. The highest BCUT2D eigenvalue weighted by Gasteiger charge is 2.39. The molecule has 0 radical (unpaired) electrons. The Kier molecular flexibility index (Phi) is 6.74. The van der Waals surface area contributed by atoms with Crippen LogP contribution in [0.5, 0.6) is 11.5 Å². The van der Waals surface area contributed by atoms with Crippen LogP contribution in [0.25, 0.3) is 11.1 Å². The molecule has 1 aliphatic rings. The number of rotatable bonds is 6. The molecule has 3 aromatic rings. The second-order valence-electron chi connectivity index (χ2n) is 8.61. The molecule has 0 N–H and O–H groups in total. The van der Waals surface area contributed by atoms with Gasteiger partial charge in [-0.25, -0.2) is 8.42 Å². The summed E-state index contributed by atoms with van der Waals surface area (Å²) >= 11 is 0. The number of halogens is 3. The minimum Gasteiger partial charge on any atom is -0.497 e. The smallest absolute Gasteiger partial charge is 0.425 e. The van der Waals surface area contributed by atoms with Gasteiger partial charge in [-0.3, -0.25) is 4.79 Å². The van der Waals surface area contributed by atoms with Crippen LogP contribution in [-0.4, -0.2) is 44.9 Å². The fourth-order valence-corrected chi connectivity index (χ4v) is 4.60. The average molecular weight is 520 g/mol. The van der Waals surface area contributed by atoms with Gasteiger partial charge in [-0.1, -0.05) is 24.3 Å². The third-order valence-electron chi connectivity index (χ3n) is 5.99. The average Bonchev–Trinajstić information content (AvgIpc) is 3.26. The van der Waals surface area contributed by atoms with Gasteiger partial charge in [0.1, 0.15) is 11.5 Å². The molecule has 0 unspecified atom stereocenters. The van der Waals surface area contributed by atoms with E-state index in [1.807, 2.05) is 42.5 Å². The predicted molar refractivity (Wildman–Crippen MR) is 128 cm³/mol. The van der Waals surface area contributed by atoms with Crippen LogP contribution in [0.3, 0.4) is 0 Å². The number of carbonyl (C=O) groups is 1. The van der Waals surface area contributed by atoms with Crippen molar-refractivity contribution in [2.45, 2.75) is 37.2 Å². The Morgan fingerprint density at radius 3 is 2.33 bits per heavy atom. The van der Waals surface area contributed by atoms with Crippen LogP contribution in [0.15, 0.2) is 65.6 Å². The first-order chi connectivity index (χ1) is 16.9. The molecule has 4 rings (SSSR count). The van der Waals surface area contributed by atoms with Crippen LogP contribution in [0.1, 0.15) is 28.4 Å². The molecule has 190 valence electrons. The van der Waals surface area contributed by atoms with E-state index >= 15 is 0 Å². The van der Waals surface area contributed by atoms with Crippen molar-refractivity contribution in [2.24, 2.45) is 0 Å². The molecule has 1 amide bonds. The van der Waals surface area contributed by atoms with E-state index in [0.717, 1.165) is 53.6 Å². The number of alkyl halides is 3. The number of methoxy groups -OCH3 is 1. The predicted octanol–water partition coefficient (Wildman–Crippen LogP) is 5.25. The second kappa shape index (κ2) is 9.50. The maximum Gasteiger partial charge on any atom is 0.425 e. The highest BCUT2D eigenvalue weighted by molar-refractivity contribution is 7.90. The Morgan fingerprint density at radius 1 is 0.972 bits per heavy atom. The van der Waals surface area contributed by atoms with Gasteiger partial charge in [0.2, 0.25) is 0 Å². The zero-order valence-electron chi connectivity index (χ0n) is 19.8. The van der Waals surface area contributed by atoms with Gasteiger partial charge >= 0.3 is 6.18 Å². The van der Waals surface area contributed by atoms with Crippen molar-refractivity contribution in [1.82, 2.24) is 4.90 Å². The quantitative estimate of drug-likeness (QED) is 0.445. The fraction of sp³-hybridized carbons (Fsp3) is 0.269. The number of ether oxygens (including phenoxy) is 2. The zero-order valence-corrected chi connectivity index (χ0v) is 20.6. The van der Waals surface area contributed by atoms with Crippen LogP contribution in [0.4, 0.5) is 13.2 Å². The fourth-order valence-electron chi connectivity index (χ4n) is 3.96. The highest BCUT2D eigenvalue weighted by atomic mass is 32.2. The van der Waals surface area contributed by atoms with E-state index < -0.39 is 28.0 Å². The van der Waals surface area contributed by atoms with Gasteiger partial charge in [0.15, 0.2) is 15.9 Å². The number of benzene rings is 3. The lowest BCUT2D eigenvalue weighted by molar-refractivity contribution is -0.189. The van der Waals surface area contributed by atoms with Crippen molar-refractivity contribution in [2.75, 3.05) is 13.4 Å². The molecule has 0 aromatic heterocycles. The molecule has 1 aliphatic heterocycles. The zero-order chi connectivity index (χ0) is 26.3. The van der Waals surface area contributed by atoms with Gasteiger partial charge in [-0.05, 0) is 65.6 Å². The third-order valence-corrected chi connectivity index (χ3v) is 7.10. The van der Waals surface area contributed by atoms with Crippen LogP contribution < -0.4 is 9.47 Å². The maximum absolute atomic E-state index is 13.4. The van der Waals surface area contributed by atoms with Crippen molar-refractivity contribution in [3.05, 3.63) is 77.4 Å². The summed E-state index contributed by atoms with van der Waals surface area (Å²) in [5.41, 5.74) is 3.38. The molecule has 0 aliphatic carbocycles. The number of amides is 1. The standard InChI is InChI=1S/C26H24F3NO5S/c1-16(26(27,28)29)35-24-10-9-22(36(3,32)33)13-23(24)25(31)30-14-19-8-7-18(11-20(19)15-30)17-5-4-6-21(12-17)34-2/h4-13,16H,14-15H2,1-3H3/t16-/m0/s1. The van der Waals surface area contributed by atoms with Gasteiger partial charge < -0.3 is 14.4 Å². The van der Waals surface area contributed by atoms with Gasteiger partial charge in [0.25, 0.3) is 5.91 Å². The van der Waals surface area contributed by atoms with E-state index in [0.29, 0.717) is 5.75 Å². The largest absolute Gasteiger partial charge is 0.497 e. The number of fused-ring (bicyclic) bond motifs is 1. The molecule has 0 bridgehead atoms. The molecule has 0 saturated heterocycles. The lowest BCUT2D eigenvalue weighted by atomic mass is 10.0. The number of nitrogens with zero attached hydrogens (tertiary/aromatic N) is 1. The summed E-state index contributed by atoms with van der Waals surface area (Å²) < 4.78 is 73.8. The Hall–Kier alpha value is -3.53. The molecular formula is C26H24F3NO5S. The molecule has 0 saturated carbocycles. The van der Waals surface area contributed by atoms with Crippen molar-refractivity contribution in [3.8, 4) is 22.6 Å². The van der Waals surface area contributed by atoms with E-state index in [9.17, 15) is 26.4 Å². The van der Waals surface area contributed by atoms with Crippen molar-refractivity contribution < 1.29 is 35.9 Å². The topological polar surface area (TPSA) is 72.9 Å². The second-order valence-corrected chi connectivity index (χ2v) is 10.6. The first-order valence-corrected chi connectivity index (χ1v) is 12.9. The summed E-state index contributed by atoms with van der Waals surface area (Å²) in [6.45, 7) is 1.26. The molecule has 36 heavy (non-hydrogen) atoms. The van der Waals surface area contributed by atoms with Gasteiger partial charge in [-0.2, -0.15) is 13.2 Å². The van der Waals surface area contributed by atoms with E-state index in [1.165, 1.54) is 4.90 Å². The molecule has 10 heteroatoms. The van der Waals surface area contributed by atoms with E-state index in [4.69, 9.17) is 9.47 Å². The Balaban J connectivity index is 1.65. The monoisotopic (exact) mass is 519 g/mol. The Morgan fingerprint density at radius 2 is 1.67 bits per heavy atom. The van der Waals surface area contributed by atoms with E-state index in [1.54, 1.807) is 7.11 Å². The summed E-state index contributed by atoms with van der Waals surface area (Å²) in [5.74, 6) is -0.245. The molecule has 0 fully saturated rings. The Labute approximate surface area is 207 Å². The first kappa shape index (κ1) is 25.6. The summed E-state index contributed by atoms with van der Waals surface area (Å²) in [6, 6.07) is 16.6. The van der Waals surface area contributed by atoms with Crippen LogP contribution in [0, 0.1) is 0 Å². The third kappa shape index (κ3) is 5.33. The normalized spacial score (nSPS) is 14.3. The minimum absolute atomic E-state index is 0.185. The lowest BCUT2D eigenvalue weighted by Crippen LogP contribution is -2.32. The van der Waals surface area contributed by atoms with Gasteiger partial charge in [0.05, 0.1) is 17.6 Å². The molecule has 1 heterocycles. The summed E-state index contributed by atoms with van der Waals surface area (Å²) in [4.78, 5) is 14.7. The van der Waals surface area contributed by atoms with Gasteiger partial charge in [0, 0.05) is 19.3 Å². The van der Waals surface area contributed by atoms with Gasteiger partial charge in [-0.15, -0.1) is 0 Å². The summed E-state index contributed by atoms with van der Waals surface area (Å²) in [7, 11) is -2.13. The van der Waals surface area contributed by atoms with E-state index in [-0.39, 0.29) is 29.3 Å². The van der Waals surface area contributed by atoms with Crippen LogP contribution in [-0.2, 0) is 22.9 Å². The van der Waals surface area contributed by atoms with Crippen LogP contribution in [0.2, 0.25) is 0 Å². The molecule has 0 spiro atoms. The van der Waals surface area contributed by atoms with Crippen molar-refractivity contribution >= 4 is 15.7 Å². The summed E-state index contributed by atoms with van der Waals surface area (Å²) in [5, 5.41) is 0. The first-order valence-electron chi connectivity index (χ1n) is 11.0. The van der Waals surface area contributed by atoms with Crippen LogP contribution >= 0.6 is 0 Å². The minimum atomic E-state index is -4.66. The SMILES string of the molecule is COc1cccc(-c2ccc3c(c2)CN(C(=O)c2cc(S(C)(=O)=O)ccc2O[C@@H](C)C(F)(F)F)C3)c1.